The largest absolute Gasteiger partial charge is 0.496 e. The highest BCUT2D eigenvalue weighted by atomic mass is 16.5. The second-order valence-corrected chi connectivity index (χ2v) is 3.04. The summed E-state index contributed by atoms with van der Waals surface area (Å²) in [5, 5.41) is 0. The summed E-state index contributed by atoms with van der Waals surface area (Å²) in [5.74, 6) is 0.957. The zero-order valence-corrected chi connectivity index (χ0v) is 8.50. The zero-order valence-electron chi connectivity index (χ0n) is 8.50. The summed E-state index contributed by atoms with van der Waals surface area (Å²) in [6.07, 6.45) is 5.32. The summed E-state index contributed by atoms with van der Waals surface area (Å²) < 4.78 is 5.23. The van der Waals surface area contributed by atoms with Crippen molar-refractivity contribution in [3.63, 3.8) is 0 Å². The quantitative estimate of drug-likeness (QED) is 0.685. The first-order valence-electron chi connectivity index (χ1n) is 4.59. The van der Waals surface area contributed by atoms with Gasteiger partial charge in [-0.05, 0) is 30.5 Å². The molecule has 1 nitrogen and oxygen atoms in total. The van der Waals surface area contributed by atoms with E-state index in [1.807, 2.05) is 6.92 Å². The lowest BCUT2D eigenvalue weighted by molar-refractivity contribution is 0.411. The fourth-order valence-electron chi connectivity index (χ4n) is 1.19. The molecule has 0 aliphatic carbocycles. The molecule has 0 bridgehead atoms. The standard InChI is InChI=1S/C12H16O/c1-4-5-6-11-8-7-10(2)12(9-11)13-3/h5-9H,4H2,1-3H3/b6-5+. The van der Waals surface area contributed by atoms with Crippen LogP contribution in [0.15, 0.2) is 24.3 Å². The van der Waals surface area contributed by atoms with Gasteiger partial charge in [0.1, 0.15) is 5.75 Å². The SMILES string of the molecule is CC/C=C/c1ccc(C)c(OC)c1. The van der Waals surface area contributed by atoms with Gasteiger partial charge in [0.05, 0.1) is 7.11 Å². The highest BCUT2D eigenvalue weighted by Crippen LogP contribution is 2.19. The van der Waals surface area contributed by atoms with E-state index in [1.165, 1.54) is 11.1 Å². The Morgan fingerprint density at radius 3 is 2.77 bits per heavy atom. The summed E-state index contributed by atoms with van der Waals surface area (Å²) in [6, 6.07) is 6.24. The van der Waals surface area contributed by atoms with Crippen LogP contribution in [0.5, 0.6) is 5.75 Å². The number of rotatable bonds is 3. The topological polar surface area (TPSA) is 9.23 Å². The number of benzene rings is 1. The molecule has 0 aliphatic rings. The van der Waals surface area contributed by atoms with E-state index in [0.717, 1.165) is 12.2 Å². The van der Waals surface area contributed by atoms with Crippen molar-refractivity contribution in [3.8, 4) is 5.75 Å². The van der Waals surface area contributed by atoms with Gasteiger partial charge in [0.15, 0.2) is 0 Å². The van der Waals surface area contributed by atoms with Crippen LogP contribution in [-0.4, -0.2) is 7.11 Å². The van der Waals surface area contributed by atoms with Crippen molar-refractivity contribution in [1.29, 1.82) is 0 Å². The first-order chi connectivity index (χ1) is 6.27. The maximum absolute atomic E-state index is 5.23. The number of hydrogen-bond acceptors (Lipinski definition) is 1. The molecule has 0 saturated carbocycles. The minimum Gasteiger partial charge on any atom is -0.496 e. The fourth-order valence-corrected chi connectivity index (χ4v) is 1.19. The van der Waals surface area contributed by atoms with Gasteiger partial charge in [0.25, 0.3) is 0 Å². The van der Waals surface area contributed by atoms with Gasteiger partial charge in [-0.25, -0.2) is 0 Å². The van der Waals surface area contributed by atoms with Crippen LogP contribution in [0.2, 0.25) is 0 Å². The average Bonchev–Trinajstić information content (AvgIpc) is 2.16. The lowest BCUT2D eigenvalue weighted by Gasteiger charge is -2.04. The van der Waals surface area contributed by atoms with Crippen LogP contribution >= 0.6 is 0 Å². The van der Waals surface area contributed by atoms with Gasteiger partial charge in [0, 0.05) is 0 Å². The molecule has 0 amide bonds. The third-order valence-corrected chi connectivity index (χ3v) is 1.98. The van der Waals surface area contributed by atoms with Crippen LogP contribution in [0, 0.1) is 6.92 Å². The Morgan fingerprint density at radius 1 is 1.38 bits per heavy atom. The minimum absolute atomic E-state index is 0.957. The van der Waals surface area contributed by atoms with Gasteiger partial charge in [0.2, 0.25) is 0 Å². The van der Waals surface area contributed by atoms with Crippen molar-refractivity contribution in [3.05, 3.63) is 35.4 Å². The number of ether oxygens (including phenoxy) is 1. The Morgan fingerprint density at radius 2 is 2.15 bits per heavy atom. The van der Waals surface area contributed by atoms with Crippen LogP contribution in [0.3, 0.4) is 0 Å². The molecule has 0 heterocycles. The van der Waals surface area contributed by atoms with Crippen LogP contribution in [0.25, 0.3) is 6.08 Å². The number of hydrogen-bond donors (Lipinski definition) is 0. The van der Waals surface area contributed by atoms with Crippen LogP contribution in [-0.2, 0) is 0 Å². The maximum Gasteiger partial charge on any atom is 0.122 e. The fraction of sp³-hybridized carbons (Fsp3) is 0.333. The third kappa shape index (κ3) is 2.62. The molecule has 1 heteroatoms. The van der Waals surface area contributed by atoms with Crippen molar-refractivity contribution in [2.45, 2.75) is 20.3 Å². The highest BCUT2D eigenvalue weighted by Gasteiger charge is 1.96. The molecule has 13 heavy (non-hydrogen) atoms. The van der Waals surface area contributed by atoms with Gasteiger partial charge in [-0.2, -0.15) is 0 Å². The van der Waals surface area contributed by atoms with Gasteiger partial charge >= 0.3 is 0 Å². The molecule has 70 valence electrons. The van der Waals surface area contributed by atoms with Gasteiger partial charge in [-0.3, -0.25) is 0 Å². The summed E-state index contributed by atoms with van der Waals surface area (Å²) >= 11 is 0. The Balaban J connectivity index is 2.92. The maximum atomic E-state index is 5.23. The molecule has 1 rings (SSSR count). The molecule has 0 unspecified atom stereocenters. The van der Waals surface area contributed by atoms with Crippen molar-refractivity contribution >= 4 is 6.08 Å². The molecule has 0 fully saturated rings. The minimum atomic E-state index is 0.957. The molecule has 0 N–H and O–H groups in total. The molecule has 0 aromatic heterocycles. The predicted molar refractivity (Wildman–Crippen MR) is 57.1 cm³/mol. The lowest BCUT2D eigenvalue weighted by atomic mass is 10.1. The molecule has 0 radical (unpaired) electrons. The summed E-state index contributed by atoms with van der Waals surface area (Å²) in [6.45, 7) is 4.17. The lowest BCUT2D eigenvalue weighted by Crippen LogP contribution is -1.87. The summed E-state index contributed by atoms with van der Waals surface area (Å²) in [7, 11) is 1.70. The van der Waals surface area contributed by atoms with E-state index in [9.17, 15) is 0 Å². The Kier molecular flexibility index (Phi) is 3.56. The Bertz CT molecular complexity index is 300. The second-order valence-electron chi connectivity index (χ2n) is 3.04. The number of allylic oxidation sites excluding steroid dienone is 1. The van der Waals surface area contributed by atoms with Crippen molar-refractivity contribution in [1.82, 2.24) is 0 Å². The first-order valence-corrected chi connectivity index (χ1v) is 4.59. The highest BCUT2D eigenvalue weighted by molar-refractivity contribution is 5.53. The molecule has 0 aliphatic heterocycles. The molecule has 1 aromatic rings. The van der Waals surface area contributed by atoms with Gasteiger partial charge in [-0.15, -0.1) is 0 Å². The third-order valence-electron chi connectivity index (χ3n) is 1.98. The first kappa shape index (κ1) is 9.85. The second kappa shape index (κ2) is 4.70. The van der Waals surface area contributed by atoms with E-state index < -0.39 is 0 Å². The predicted octanol–water partition coefficient (Wildman–Crippen LogP) is 3.43. The molecular formula is C12H16O. The van der Waals surface area contributed by atoms with E-state index in [4.69, 9.17) is 4.74 Å². The summed E-state index contributed by atoms with van der Waals surface area (Å²) in [5.41, 5.74) is 2.38. The van der Waals surface area contributed by atoms with Crippen molar-refractivity contribution in [2.75, 3.05) is 7.11 Å². The van der Waals surface area contributed by atoms with Crippen LogP contribution < -0.4 is 4.74 Å². The van der Waals surface area contributed by atoms with Crippen molar-refractivity contribution in [2.24, 2.45) is 0 Å². The van der Waals surface area contributed by atoms with E-state index in [2.05, 4.69) is 37.3 Å². The molecule has 0 atom stereocenters. The van der Waals surface area contributed by atoms with E-state index in [-0.39, 0.29) is 0 Å². The monoisotopic (exact) mass is 176 g/mol. The average molecular weight is 176 g/mol. The van der Waals surface area contributed by atoms with E-state index in [1.54, 1.807) is 7.11 Å². The smallest absolute Gasteiger partial charge is 0.122 e. The Labute approximate surface area is 80.0 Å². The van der Waals surface area contributed by atoms with Gasteiger partial charge < -0.3 is 4.74 Å². The van der Waals surface area contributed by atoms with Crippen LogP contribution in [0.1, 0.15) is 24.5 Å². The zero-order chi connectivity index (χ0) is 9.68. The molecular weight excluding hydrogens is 160 g/mol. The Hall–Kier alpha value is -1.24. The van der Waals surface area contributed by atoms with E-state index >= 15 is 0 Å². The van der Waals surface area contributed by atoms with Crippen LogP contribution in [0.4, 0.5) is 0 Å². The van der Waals surface area contributed by atoms with Gasteiger partial charge in [-0.1, -0.05) is 31.2 Å². The normalized spacial score (nSPS) is 10.7. The van der Waals surface area contributed by atoms with E-state index in [0.29, 0.717) is 0 Å². The number of aryl methyl sites for hydroxylation is 1. The number of methoxy groups -OCH3 is 1. The summed E-state index contributed by atoms with van der Waals surface area (Å²) in [4.78, 5) is 0. The van der Waals surface area contributed by atoms with Crippen molar-refractivity contribution < 1.29 is 4.74 Å². The molecule has 0 saturated heterocycles. The molecule has 0 spiro atoms. The molecule has 1 aromatic carbocycles.